The largest absolute Gasteiger partial charge is 1.00 e. The minimum absolute atomic E-state index is 0. The Labute approximate surface area is 235 Å². The Bertz CT molecular complexity index is 1190. The number of oxazole rings is 1. The van der Waals surface area contributed by atoms with Crippen LogP contribution in [0.3, 0.4) is 0 Å². The molecule has 1 aliphatic carbocycles. The second-order valence-electron chi connectivity index (χ2n) is 10.4. The fraction of sp³-hybridized carbons (Fsp3) is 0.448. The van der Waals surface area contributed by atoms with Gasteiger partial charge in [0.2, 0.25) is 5.89 Å². The fourth-order valence-corrected chi connectivity index (χ4v) is 5.38. The number of nitriles is 1. The molecule has 3 aromatic rings. The molecule has 0 amide bonds. The molecule has 1 aromatic heterocycles. The van der Waals surface area contributed by atoms with E-state index < -0.39 is 5.60 Å². The third-order valence-electron chi connectivity index (χ3n) is 7.11. The van der Waals surface area contributed by atoms with Crippen molar-refractivity contribution in [1.82, 2.24) is 4.98 Å². The van der Waals surface area contributed by atoms with Crippen molar-refractivity contribution in [3.8, 4) is 11.8 Å². The zero-order chi connectivity index (χ0) is 25.6. The molecule has 0 bridgehead atoms. The minimum Gasteiger partial charge on any atom is -1.00 e. The van der Waals surface area contributed by atoms with Gasteiger partial charge in [0.15, 0.2) is 11.4 Å². The first kappa shape index (κ1) is 29.2. The van der Waals surface area contributed by atoms with Crippen LogP contribution in [0.2, 0.25) is 5.02 Å². The summed E-state index contributed by atoms with van der Waals surface area (Å²) in [5, 5.41) is 21.4. The topological polar surface area (TPSA) is 79.3 Å². The van der Waals surface area contributed by atoms with E-state index in [-0.39, 0.29) is 22.9 Å². The number of ether oxygens (including phenoxy) is 1. The van der Waals surface area contributed by atoms with Crippen molar-refractivity contribution < 1.29 is 35.7 Å². The van der Waals surface area contributed by atoms with Gasteiger partial charge in [-0.3, -0.25) is 0 Å². The van der Waals surface area contributed by atoms with Gasteiger partial charge in [0, 0.05) is 18.4 Å². The molecule has 0 spiro atoms. The maximum atomic E-state index is 12.0. The number of aliphatic hydroxyl groups is 1. The highest BCUT2D eigenvalue weighted by Crippen LogP contribution is 2.43. The summed E-state index contributed by atoms with van der Waals surface area (Å²) < 4.78 is 12.8. The minimum atomic E-state index is -1.21. The van der Waals surface area contributed by atoms with Crippen LogP contribution in [0.25, 0.3) is 0 Å². The molecule has 1 atom stereocenters. The molecule has 8 heteroatoms. The average Bonchev–Trinajstić information content (AvgIpc) is 3.35. The summed E-state index contributed by atoms with van der Waals surface area (Å²) in [7, 11) is 4.29. The molecule has 1 heterocycles. The molecule has 198 valence electrons. The van der Waals surface area contributed by atoms with Gasteiger partial charge in [-0.2, -0.15) is 5.26 Å². The van der Waals surface area contributed by atoms with Gasteiger partial charge < -0.3 is 35.7 Å². The van der Waals surface area contributed by atoms with Gasteiger partial charge in [-0.05, 0) is 30.5 Å². The van der Waals surface area contributed by atoms with E-state index in [0.717, 1.165) is 50.0 Å². The highest BCUT2D eigenvalue weighted by Gasteiger charge is 2.44. The van der Waals surface area contributed by atoms with Crippen molar-refractivity contribution in [3.63, 3.8) is 0 Å². The molecule has 37 heavy (non-hydrogen) atoms. The van der Waals surface area contributed by atoms with E-state index in [0.29, 0.717) is 39.9 Å². The number of hydrogen-bond donors (Lipinski definition) is 1. The maximum absolute atomic E-state index is 12.0. The molecule has 1 N–H and O–H groups in total. The van der Waals surface area contributed by atoms with Gasteiger partial charge in [0.25, 0.3) is 0 Å². The number of quaternary nitrogens is 1. The highest BCUT2D eigenvalue weighted by atomic mass is 79.9. The normalized spacial score (nSPS) is 15.9. The molecule has 0 radical (unpaired) electrons. The molecule has 4 rings (SSSR count). The van der Waals surface area contributed by atoms with E-state index in [9.17, 15) is 5.11 Å². The van der Waals surface area contributed by atoms with Crippen LogP contribution in [0.15, 0.2) is 59.1 Å². The van der Waals surface area contributed by atoms with Crippen LogP contribution in [-0.2, 0) is 12.1 Å². The SMILES string of the molecule is C[N+](C)(CCCOc1ccc(C#N)c(Cl)c1)Cc1cnc(C(O)(c2ccccc2)C2CCCCC2)o1.[Br-]. The lowest BCUT2D eigenvalue weighted by Gasteiger charge is -2.36. The smallest absolute Gasteiger partial charge is 0.231 e. The van der Waals surface area contributed by atoms with Crippen molar-refractivity contribution in [3.05, 3.63) is 82.5 Å². The third-order valence-corrected chi connectivity index (χ3v) is 7.42. The molecule has 2 aromatic carbocycles. The Kier molecular flexibility index (Phi) is 10.2. The Morgan fingerprint density at radius 3 is 2.57 bits per heavy atom. The second kappa shape index (κ2) is 12.9. The van der Waals surface area contributed by atoms with E-state index in [4.69, 9.17) is 26.0 Å². The predicted octanol–water partition coefficient (Wildman–Crippen LogP) is 3.07. The summed E-state index contributed by atoms with van der Waals surface area (Å²) in [6, 6.07) is 17.0. The summed E-state index contributed by atoms with van der Waals surface area (Å²) in [6.07, 6.45) is 7.99. The molecule has 0 aliphatic heterocycles. The Morgan fingerprint density at radius 1 is 1.16 bits per heavy atom. The van der Waals surface area contributed by atoms with E-state index in [2.05, 4.69) is 25.1 Å². The van der Waals surface area contributed by atoms with Crippen molar-refractivity contribution in [2.24, 2.45) is 5.92 Å². The van der Waals surface area contributed by atoms with Gasteiger partial charge in [-0.25, -0.2) is 4.98 Å². The number of benzene rings is 2. The quantitative estimate of drug-likeness (QED) is 0.291. The first-order chi connectivity index (χ1) is 17.3. The van der Waals surface area contributed by atoms with Crippen molar-refractivity contribution in [2.75, 3.05) is 27.2 Å². The van der Waals surface area contributed by atoms with Crippen LogP contribution in [0.5, 0.6) is 5.75 Å². The highest BCUT2D eigenvalue weighted by molar-refractivity contribution is 6.31. The molecule has 6 nitrogen and oxygen atoms in total. The summed E-state index contributed by atoms with van der Waals surface area (Å²) in [5.41, 5.74) is 0.0720. The summed E-state index contributed by atoms with van der Waals surface area (Å²) >= 11 is 6.09. The summed E-state index contributed by atoms with van der Waals surface area (Å²) in [6.45, 7) is 2.07. The lowest BCUT2D eigenvalue weighted by Crippen LogP contribution is -3.00. The standard InChI is InChI=1S/C29H35ClN3O3.BrH/c1-33(2,16-9-17-35-25-15-14-22(19-31)27(30)18-25)21-26-20-32-28(36-26)29(34,23-10-5-3-6-11-23)24-12-7-4-8-13-24;/h3,5-6,10-11,14-15,18,20,24,34H,4,7-9,12-13,16-17,21H2,1-2H3;1H/q+1;/p-1. The van der Waals surface area contributed by atoms with Crippen LogP contribution in [0.1, 0.15) is 61.3 Å². The van der Waals surface area contributed by atoms with Crippen LogP contribution in [0.4, 0.5) is 0 Å². The number of hydrogen-bond acceptors (Lipinski definition) is 5. The predicted molar refractivity (Wildman–Crippen MR) is 139 cm³/mol. The molecule has 1 aliphatic rings. The van der Waals surface area contributed by atoms with E-state index in [1.165, 1.54) is 6.42 Å². The summed E-state index contributed by atoms with van der Waals surface area (Å²) in [4.78, 5) is 4.60. The third kappa shape index (κ3) is 7.14. The summed E-state index contributed by atoms with van der Waals surface area (Å²) in [5.74, 6) is 1.92. The van der Waals surface area contributed by atoms with Gasteiger partial charge in [0.05, 0.1) is 44.0 Å². The van der Waals surface area contributed by atoms with Gasteiger partial charge in [-0.1, -0.05) is 61.2 Å². The number of aromatic nitrogens is 1. The molecule has 1 fully saturated rings. The maximum Gasteiger partial charge on any atom is 0.231 e. The first-order valence-electron chi connectivity index (χ1n) is 12.7. The Balaban J connectivity index is 0.00000380. The molecular weight excluding hydrogens is 554 g/mol. The average molecular weight is 589 g/mol. The lowest BCUT2D eigenvalue weighted by molar-refractivity contribution is -0.904. The molecule has 1 unspecified atom stereocenters. The van der Waals surface area contributed by atoms with Crippen LogP contribution in [0, 0.1) is 17.2 Å². The van der Waals surface area contributed by atoms with Crippen LogP contribution < -0.4 is 21.7 Å². The molecule has 0 saturated heterocycles. The lowest BCUT2D eigenvalue weighted by atomic mass is 9.73. The molecule has 1 saturated carbocycles. The first-order valence-corrected chi connectivity index (χ1v) is 13.1. The zero-order valence-corrected chi connectivity index (χ0v) is 23.8. The Hall–Kier alpha value is -2.37. The van der Waals surface area contributed by atoms with Crippen LogP contribution in [-0.4, -0.2) is 41.8 Å². The number of rotatable bonds is 10. The van der Waals surface area contributed by atoms with E-state index in [1.807, 2.05) is 30.3 Å². The van der Waals surface area contributed by atoms with Crippen molar-refractivity contribution in [2.45, 2.75) is 50.7 Å². The van der Waals surface area contributed by atoms with Crippen LogP contribution >= 0.6 is 11.6 Å². The number of halogens is 2. The van der Waals surface area contributed by atoms with Gasteiger partial charge >= 0.3 is 0 Å². The Morgan fingerprint density at radius 2 is 1.89 bits per heavy atom. The van der Waals surface area contributed by atoms with E-state index in [1.54, 1.807) is 24.4 Å². The second-order valence-corrected chi connectivity index (χ2v) is 10.8. The fourth-order valence-electron chi connectivity index (χ4n) is 5.16. The zero-order valence-electron chi connectivity index (χ0n) is 21.5. The van der Waals surface area contributed by atoms with Gasteiger partial charge in [0.1, 0.15) is 18.4 Å². The van der Waals surface area contributed by atoms with Crippen molar-refractivity contribution in [1.29, 1.82) is 5.26 Å². The molecular formula is C29H35BrClN3O3. The van der Waals surface area contributed by atoms with Crippen molar-refractivity contribution >= 4 is 11.6 Å². The number of nitrogens with zero attached hydrogens (tertiary/aromatic N) is 3. The van der Waals surface area contributed by atoms with E-state index >= 15 is 0 Å². The van der Waals surface area contributed by atoms with Gasteiger partial charge in [-0.15, -0.1) is 0 Å². The monoisotopic (exact) mass is 587 g/mol.